The Bertz CT molecular complexity index is 837. The second-order valence-corrected chi connectivity index (χ2v) is 5.01. The van der Waals surface area contributed by atoms with Gasteiger partial charge in [0.1, 0.15) is 17.1 Å². The van der Waals surface area contributed by atoms with Gasteiger partial charge >= 0.3 is 0 Å². The molecular formula is C16H15N3O2. The van der Waals surface area contributed by atoms with E-state index in [1.807, 2.05) is 44.2 Å². The highest BCUT2D eigenvalue weighted by molar-refractivity contribution is 5.79. The van der Waals surface area contributed by atoms with E-state index in [9.17, 15) is 4.91 Å². The van der Waals surface area contributed by atoms with Crippen molar-refractivity contribution in [2.24, 2.45) is 5.18 Å². The van der Waals surface area contributed by atoms with Gasteiger partial charge in [0, 0.05) is 11.8 Å². The molecule has 0 bridgehead atoms. The molecule has 21 heavy (non-hydrogen) atoms. The molecule has 2 heterocycles. The molecule has 106 valence electrons. The van der Waals surface area contributed by atoms with Gasteiger partial charge in [-0.2, -0.15) is 0 Å². The summed E-state index contributed by atoms with van der Waals surface area (Å²) in [6.45, 7) is 3.96. The van der Waals surface area contributed by atoms with Crippen molar-refractivity contribution in [2.45, 2.75) is 13.8 Å². The van der Waals surface area contributed by atoms with Gasteiger partial charge < -0.3 is 4.74 Å². The summed E-state index contributed by atoms with van der Waals surface area (Å²) in [6.07, 6.45) is 1.81. The lowest BCUT2D eigenvalue weighted by molar-refractivity contribution is 0.416. The highest BCUT2D eigenvalue weighted by Crippen LogP contribution is 2.37. The summed E-state index contributed by atoms with van der Waals surface area (Å²) in [5.74, 6) is 0.958. The van der Waals surface area contributed by atoms with E-state index in [4.69, 9.17) is 4.74 Å². The molecule has 0 radical (unpaired) electrons. The minimum atomic E-state index is 0.286. The number of hydrogen-bond acceptors (Lipinski definition) is 4. The first-order valence-corrected chi connectivity index (χ1v) is 6.61. The lowest BCUT2D eigenvalue weighted by Gasteiger charge is -2.07. The molecule has 0 aliphatic heterocycles. The van der Waals surface area contributed by atoms with Crippen LogP contribution in [0.5, 0.6) is 5.75 Å². The van der Waals surface area contributed by atoms with E-state index in [1.165, 1.54) is 0 Å². The highest BCUT2D eigenvalue weighted by Gasteiger charge is 2.18. The molecule has 0 amide bonds. The number of imidazole rings is 1. The van der Waals surface area contributed by atoms with Crippen LogP contribution in [0.15, 0.2) is 41.7 Å². The van der Waals surface area contributed by atoms with E-state index >= 15 is 0 Å². The van der Waals surface area contributed by atoms with Crippen molar-refractivity contribution < 1.29 is 4.74 Å². The molecule has 0 spiro atoms. The summed E-state index contributed by atoms with van der Waals surface area (Å²) >= 11 is 0. The van der Waals surface area contributed by atoms with Crippen LogP contribution in [0.25, 0.3) is 16.9 Å². The number of nitrogens with zero attached hydrogens (tertiary/aromatic N) is 3. The lowest BCUT2D eigenvalue weighted by atomic mass is 10.1. The molecule has 3 aromatic rings. The third kappa shape index (κ3) is 2.16. The fourth-order valence-electron chi connectivity index (χ4n) is 2.41. The first-order chi connectivity index (χ1) is 10.1. The topological polar surface area (TPSA) is 56.0 Å². The maximum Gasteiger partial charge on any atom is 0.209 e. The van der Waals surface area contributed by atoms with Crippen LogP contribution in [0.4, 0.5) is 5.82 Å². The zero-order chi connectivity index (χ0) is 15.0. The van der Waals surface area contributed by atoms with Crippen molar-refractivity contribution in [1.29, 1.82) is 0 Å². The summed E-state index contributed by atoms with van der Waals surface area (Å²) in [5, 5.41) is 3.16. The molecular weight excluding hydrogens is 266 g/mol. The molecule has 5 heteroatoms. The lowest BCUT2D eigenvalue weighted by Crippen LogP contribution is -1.89. The maximum atomic E-state index is 11.3. The summed E-state index contributed by atoms with van der Waals surface area (Å²) in [7, 11) is 1.60. The van der Waals surface area contributed by atoms with Crippen molar-refractivity contribution in [3.8, 4) is 17.0 Å². The molecule has 0 saturated carbocycles. The Morgan fingerprint density at radius 2 is 1.90 bits per heavy atom. The van der Waals surface area contributed by atoms with Gasteiger partial charge in [-0.3, -0.25) is 4.40 Å². The number of benzene rings is 1. The van der Waals surface area contributed by atoms with Gasteiger partial charge in [0.25, 0.3) is 0 Å². The molecule has 0 fully saturated rings. The van der Waals surface area contributed by atoms with Crippen LogP contribution in [0.2, 0.25) is 0 Å². The average molecular weight is 281 g/mol. The Balaban J connectivity index is 2.34. The first-order valence-electron chi connectivity index (χ1n) is 6.61. The second kappa shape index (κ2) is 5.01. The zero-order valence-corrected chi connectivity index (χ0v) is 12.1. The normalized spacial score (nSPS) is 10.8. The predicted molar refractivity (Wildman–Crippen MR) is 82.1 cm³/mol. The van der Waals surface area contributed by atoms with Crippen LogP contribution in [-0.2, 0) is 0 Å². The van der Waals surface area contributed by atoms with Gasteiger partial charge in [-0.25, -0.2) is 4.98 Å². The molecule has 3 rings (SSSR count). The van der Waals surface area contributed by atoms with Gasteiger partial charge in [-0.15, -0.1) is 4.91 Å². The number of ether oxygens (including phenoxy) is 1. The smallest absolute Gasteiger partial charge is 0.209 e. The molecule has 2 aromatic heterocycles. The van der Waals surface area contributed by atoms with Gasteiger partial charge in [0.05, 0.1) is 7.11 Å². The van der Waals surface area contributed by atoms with E-state index in [-0.39, 0.29) is 5.82 Å². The SMILES string of the molecule is COc1ccc(C)cc1-c1nc2cc(C)ccn2c1N=O. The fourth-order valence-corrected chi connectivity index (χ4v) is 2.41. The average Bonchev–Trinajstić information content (AvgIpc) is 2.84. The van der Waals surface area contributed by atoms with Gasteiger partial charge in [0.15, 0.2) is 0 Å². The van der Waals surface area contributed by atoms with E-state index in [1.54, 1.807) is 17.7 Å². The zero-order valence-electron chi connectivity index (χ0n) is 12.1. The molecule has 0 aliphatic rings. The maximum absolute atomic E-state index is 11.3. The number of pyridine rings is 1. The Hall–Kier alpha value is -2.69. The van der Waals surface area contributed by atoms with Gasteiger partial charge in [0.2, 0.25) is 5.82 Å². The molecule has 0 atom stereocenters. The summed E-state index contributed by atoms with van der Waals surface area (Å²) in [6, 6.07) is 9.61. The number of nitroso groups, excluding NO2 is 1. The quantitative estimate of drug-likeness (QED) is 0.681. The molecule has 0 aliphatic carbocycles. The van der Waals surface area contributed by atoms with Gasteiger partial charge in [-0.05, 0) is 48.9 Å². The van der Waals surface area contributed by atoms with Crippen LogP contribution in [0.1, 0.15) is 11.1 Å². The number of aryl methyl sites for hydroxylation is 2. The van der Waals surface area contributed by atoms with E-state index in [0.29, 0.717) is 17.1 Å². The second-order valence-electron chi connectivity index (χ2n) is 5.01. The Labute approximate surface area is 122 Å². The summed E-state index contributed by atoms with van der Waals surface area (Å²) < 4.78 is 7.07. The Morgan fingerprint density at radius 3 is 2.62 bits per heavy atom. The van der Waals surface area contributed by atoms with E-state index in [2.05, 4.69) is 10.2 Å². The molecule has 0 N–H and O–H groups in total. The summed E-state index contributed by atoms with van der Waals surface area (Å²) in [4.78, 5) is 15.8. The van der Waals surface area contributed by atoms with Crippen molar-refractivity contribution in [3.63, 3.8) is 0 Å². The third-order valence-electron chi connectivity index (χ3n) is 3.45. The van der Waals surface area contributed by atoms with E-state index in [0.717, 1.165) is 16.7 Å². The number of rotatable bonds is 3. The number of hydrogen-bond donors (Lipinski definition) is 0. The molecule has 5 nitrogen and oxygen atoms in total. The van der Waals surface area contributed by atoms with Crippen LogP contribution < -0.4 is 4.74 Å². The first kappa shape index (κ1) is 13.3. The van der Waals surface area contributed by atoms with Crippen molar-refractivity contribution in [1.82, 2.24) is 9.38 Å². The third-order valence-corrected chi connectivity index (χ3v) is 3.45. The Morgan fingerprint density at radius 1 is 1.14 bits per heavy atom. The molecule has 1 aromatic carbocycles. The highest BCUT2D eigenvalue weighted by atomic mass is 16.5. The van der Waals surface area contributed by atoms with Crippen LogP contribution >= 0.6 is 0 Å². The summed E-state index contributed by atoms with van der Waals surface area (Å²) in [5.41, 5.74) is 4.15. The van der Waals surface area contributed by atoms with Crippen molar-refractivity contribution >= 4 is 11.5 Å². The predicted octanol–water partition coefficient (Wildman–Crippen LogP) is 4.02. The minimum Gasteiger partial charge on any atom is -0.496 e. The standard InChI is InChI=1S/C16H15N3O2/c1-10-4-5-13(21-3)12(8-10)15-16(18-20)19-7-6-11(2)9-14(19)17-15/h4-9H,1-3H3. The van der Waals surface area contributed by atoms with Crippen molar-refractivity contribution in [3.05, 3.63) is 52.6 Å². The molecule has 0 saturated heterocycles. The molecule has 0 unspecified atom stereocenters. The largest absolute Gasteiger partial charge is 0.496 e. The Kier molecular flexibility index (Phi) is 3.17. The monoisotopic (exact) mass is 281 g/mol. The number of fused-ring (bicyclic) bond motifs is 1. The van der Waals surface area contributed by atoms with E-state index < -0.39 is 0 Å². The fraction of sp³-hybridized carbons (Fsp3) is 0.188. The number of methoxy groups -OCH3 is 1. The van der Waals surface area contributed by atoms with Crippen molar-refractivity contribution in [2.75, 3.05) is 7.11 Å². The minimum absolute atomic E-state index is 0.286. The van der Waals surface area contributed by atoms with Crippen LogP contribution in [0.3, 0.4) is 0 Å². The number of aromatic nitrogens is 2. The van der Waals surface area contributed by atoms with Crippen LogP contribution in [0, 0.1) is 18.8 Å². The van der Waals surface area contributed by atoms with Gasteiger partial charge in [-0.1, -0.05) is 11.6 Å². The van der Waals surface area contributed by atoms with Crippen LogP contribution in [-0.4, -0.2) is 16.5 Å².